The monoisotopic (exact) mass is 690 g/mol. The number of hydrogen-bond acceptors (Lipinski definition) is 6. The lowest BCUT2D eigenvalue weighted by atomic mass is 10.1. The molecule has 6 nitrogen and oxygen atoms in total. The molecule has 0 saturated heterocycles. The molecule has 2 aromatic rings. The summed E-state index contributed by atoms with van der Waals surface area (Å²) in [5.41, 5.74) is 1.77. The van der Waals surface area contributed by atoms with Crippen molar-refractivity contribution >= 4 is 74.3 Å². The number of hydrogen-bond donors (Lipinski definition) is 0. The van der Waals surface area contributed by atoms with Crippen molar-refractivity contribution in [3.63, 3.8) is 0 Å². The molecule has 0 unspecified atom stereocenters. The van der Waals surface area contributed by atoms with Gasteiger partial charge < -0.3 is 18.9 Å². The first kappa shape index (κ1) is 36.3. The standard InChI is InChI=1S/C11H11BrF2O3.C11H12F2O3.CCl4/c1-2-16-10(15)9-5-8(17-11(13)14)4-3-7(9)6-12;1-3-15-10(14)9-6-8(16-11(12)13)5-4-7(9)2;2-1(3,4)5/h3-5,11H,2,6H2,1H3;4-6,11H,3H2,1-2H3;. The summed E-state index contributed by atoms with van der Waals surface area (Å²) in [6, 6.07) is 8.33. The van der Waals surface area contributed by atoms with Crippen LogP contribution in [0.3, 0.4) is 0 Å². The Balaban J connectivity index is 0.000000613. The van der Waals surface area contributed by atoms with Crippen LogP contribution < -0.4 is 9.47 Å². The van der Waals surface area contributed by atoms with Gasteiger partial charge in [0, 0.05) is 5.33 Å². The van der Waals surface area contributed by atoms with Crippen LogP contribution in [0.4, 0.5) is 17.6 Å². The van der Waals surface area contributed by atoms with Crippen molar-refractivity contribution in [3.8, 4) is 11.5 Å². The molecule has 0 fully saturated rings. The van der Waals surface area contributed by atoms with Gasteiger partial charge in [-0.3, -0.25) is 0 Å². The summed E-state index contributed by atoms with van der Waals surface area (Å²) in [7, 11) is 0. The zero-order chi connectivity index (χ0) is 29.5. The molecule has 38 heavy (non-hydrogen) atoms. The van der Waals surface area contributed by atoms with E-state index in [9.17, 15) is 27.2 Å². The summed E-state index contributed by atoms with van der Waals surface area (Å²) in [4.78, 5) is 23.0. The fourth-order valence-corrected chi connectivity index (χ4v) is 2.94. The summed E-state index contributed by atoms with van der Waals surface area (Å²) < 4.78 is 64.4. The number of halogens is 9. The van der Waals surface area contributed by atoms with E-state index in [0.29, 0.717) is 16.5 Å². The summed E-state index contributed by atoms with van der Waals surface area (Å²) in [6.45, 7) is -0.327. The van der Waals surface area contributed by atoms with Gasteiger partial charge >= 0.3 is 25.2 Å². The molecule has 214 valence electrons. The van der Waals surface area contributed by atoms with Crippen LogP contribution in [0, 0.1) is 6.92 Å². The van der Waals surface area contributed by atoms with E-state index in [2.05, 4.69) is 25.4 Å². The zero-order valence-electron chi connectivity index (χ0n) is 20.1. The molecule has 2 rings (SSSR count). The number of rotatable bonds is 9. The minimum absolute atomic E-state index is 0.0522. The number of esters is 2. The summed E-state index contributed by atoms with van der Waals surface area (Å²) in [5, 5.41) is 0.427. The van der Waals surface area contributed by atoms with Crippen molar-refractivity contribution in [3.05, 3.63) is 58.7 Å². The van der Waals surface area contributed by atoms with Crippen LogP contribution >= 0.6 is 62.3 Å². The smallest absolute Gasteiger partial charge is 0.387 e. The third-order valence-corrected chi connectivity index (χ3v) is 4.48. The Morgan fingerprint density at radius 2 is 1.21 bits per heavy atom. The number of carbonyl (C=O) groups excluding carboxylic acids is 2. The van der Waals surface area contributed by atoms with Gasteiger partial charge in [0.2, 0.25) is 0 Å². The van der Waals surface area contributed by atoms with Crippen molar-refractivity contribution in [2.45, 2.75) is 42.6 Å². The van der Waals surface area contributed by atoms with Gasteiger partial charge in [-0.15, -0.1) is 0 Å². The molecule has 0 aliphatic rings. The lowest BCUT2D eigenvalue weighted by Gasteiger charge is -2.10. The third-order valence-electron chi connectivity index (χ3n) is 3.88. The van der Waals surface area contributed by atoms with E-state index in [4.69, 9.17) is 55.9 Å². The van der Waals surface area contributed by atoms with E-state index < -0.39 is 28.4 Å². The van der Waals surface area contributed by atoms with Crippen molar-refractivity contribution in [1.29, 1.82) is 0 Å². The molecular weight excluding hydrogens is 670 g/mol. The SMILES string of the molecule is CCOC(=O)c1cc(OC(F)F)ccc1C.CCOC(=O)c1cc(OC(F)F)ccc1CBr.ClC(Cl)(Cl)Cl. The highest BCUT2D eigenvalue weighted by Gasteiger charge is 2.15. The summed E-state index contributed by atoms with van der Waals surface area (Å²) in [6.07, 6.45) is 0. The van der Waals surface area contributed by atoms with Gasteiger partial charge in [0.15, 0.2) is 0 Å². The Labute approximate surface area is 245 Å². The van der Waals surface area contributed by atoms with Crippen LogP contribution in [-0.2, 0) is 14.8 Å². The number of ether oxygens (including phenoxy) is 4. The molecule has 0 aliphatic carbocycles. The Bertz CT molecular complexity index is 1020. The predicted molar refractivity (Wildman–Crippen MR) is 142 cm³/mol. The summed E-state index contributed by atoms with van der Waals surface area (Å²) >= 11 is 22.5. The fourth-order valence-electron chi connectivity index (χ4n) is 2.45. The number of carbonyl (C=O) groups is 2. The quantitative estimate of drug-likeness (QED) is 0.149. The largest absolute Gasteiger partial charge is 0.462 e. The first-order valence-corrected chi connectivity index (χ1v) is 13.0. The van der Waals surface area contributed by atoms with Crippen molar-refractivity contribution in [1.82, 2.24) is 0 Å². The maximum atomic E-state index is 12.0. The second kappa shape index (κ2) is 18.6. The van der Waals surface area contributed by atoms with Crippen LogP contribution in [0.2, 0.25) is 0 Å². The van der Waals surface area contributed by atoms with Crippen molar-refractivity contribution in [2.75, 3.05) is 13.2 Å². The summed E-state index contributed by atoms with van der Waals surface area (Å²) in [5.74, 6) is -1.21. The third kappa shape index (κ3) is 16.3. The Hall–Kier alpha value is -1.66. The average molecular weight is 693 g/mol. The second-order valence-electron chi connectivity index (χ2n) is 6.56. The lowest BCUT2D eigenvalue weighted by Crippen LogP contribution is -2.09. The number of alkyl halides is 9. The molecule has 0 spiro atoms. The molecule has 0 atom stereocenters. The Kier molecular flexibility index (Phi) is 17.8. The molecule has 0 saturated carbocycles. The van der Waals surface area contributed by atoms with Crippen LogP contribution in [0.1, 0.15) is 45.7 Å². The minimum Gasteiger partial charge on any atom is -0.462 e. The molecule has 0 bridgehead atoms. The first-order chi connectivity index (χ1) is 17.6. The maximum Gasteiger partial charge on any atom is 0.387 e. The topological polar surface area (TPSA) is 71.1 Å². The minimum atomic E-state index is -2.92. The van der Waals surface area contributed by atoms with Gasteiger partial charge in [-0.05, 0) is 56.2 Å². The molecule has 0 radical (unpaired) electrons. The van der Waals surface area contributed by atoms with Gasteiger partial charge in [0.05, 0.1) is 24.3 Å². The van der Waals surface area contributed by atoms with Crippen molar-refractivity contribution < 1.29 is 46.1 Å². The van der Waals surface area contributed by atoms with E-state index >= 15 is 0 Å². The van der Waals surface area contributed by atoms with Gasteiger partial charge in [-0.1, -0.05) is 74.5 Å². The fraction of sp³-hybridized carbons (Fsp3) is 0.391. The zero-order valence-corrected chi connectivity index (χ0v) is 24.7. The van der Waals surface area contributed by atoms with E-state index in [-0.39, 0.29) is 35.8 Å². The van der Waals surface area contributed by atoms with Crippen LogP contribution in [0.25, 0.3) is 0 Å². The maximum absolute atomic E-state index is 12.0. The second-order valence-corrected chi connectivity index (χ2v) is 10.5. The molecular formula is C23H23BrCl4F4O6. The molecule has 0 N–H and O–H groups in total. The highest BCUT2D eigenvalue weighted by Crippen LogP contribution is 2.30. The molecule has 0 aliphatic heterocycles. The Morgan fingerprint density at radius 3 is 1.61 bits per heavy atom. The van der Waals surface area contributed by atoms with Crippen LogP contribution in [-0.4, -0.2) is 41.6 Å². The van der Waals surface area contributed by atoms with Gasteiger partial charge in [-0.25, -0.2) is 9.59 Å². The normalized spacial score (nSPS) is 10.6. The number of benzene rings is 2. The highest BCUT2D eigenvalue weighted by atomic mass is 79.9. The van der Waals surface area contributed by atoms with Gasteiger partial charge in [0.1, 0.15) is 11.5 Å². The van der Waals surface area contributed by atoms with Gasteiger partial charge in [0.25, 0.3) is 3.25 Å². The van der Waals surface area contributed by atoms with Gasteiger partial charge in [-0.2, -0.15) is 17.6 Å². The molecule has 2 aromatic carbocycles. The Morgan fingerprint density at radius 1 is 0.816 bits per heavy atom. The molecule has 0 amide bonds. The molecule has 15 heteroatoms. The molecule has 0 heterocycles. The first-order valence-electron chi connectivity index (χ1n) is 10.4. The van der Waals surface area contributed by atoms with Crippen LogP contribution in [0.5, 0.6) is 11.5 Å². The average Bonchev–Trinajstić information content (AvgIpc) is 2.79. The lowest BCUT2D eigenvalue weighted by molar-refractivity contribution is -0.0505. The van der Waals surface area contributed by atoms with E-state index in [1.807, 2.05) is 0 Å². The van der Waals surface area contributed by atoms with E-state index in [1.165, 1.54) is 30.3 Å². The highest BCUT2D eigenvalue weighted by molar-refractivity contribution is 9.08. The van der Waals surface area contributed by atoms with Crippen molar-refractivity contribution in [2.24, 2.45) is 0 Å². The molecule has 0 aromatic heterocycles. The van der Waals surface area contributed by atoms with E-state index in [0.717, 1.165) is 0 Å². The van der Waals surface area contributed by atoms with E-state index in [1.54, 1.807) is 26.8 Å². The van der Waals surface area contributed by atoms with Crippen LogP contribution in [0.15, 0.2) is 36.4 Å². The predicted octanol–water partition coefficient (Wildman–Crippen LogP) is 8.69. The number of aryl methyl sites for hydroxylation is 1.